The lowest BCUT2D eigenvalue weighted by molar-refractivity contribution is -0.757. The summed E-state index contributed by atoms with van der Waals surface area (Å²) in [4.78, 5) is 77.8. The summed E-state index contributed by atoms with van der Waals surface area (Å²) in [6.07, 6.45) is 1.76. The molecule has 0 aromatic heterocycles. The van der Waals surface area contributed by atoms with Gasteiger partial charge in [-0.1, -0.05) is 26.3 Å². The van der Waals surface area contributed by atoms with Crippen LogP contribution in [0.4, 0.5) is 4.39 Å². The Kier molecular flexibility index (Phi) is 10.3. The third kappa shape index (κ3) is 6.68. The van der Waals surface area contributed by atoms with Crippen LogP contribution in [0.15, 0.2) is 23.8 Å². The van der Waals surface area contributed by atoms with Crippen molar-refractivity contribution < 1.29 is 62.7 Å². The van der Waals surface area contributed by atoms with Gasteiger partial charge in [0.05, 0.1) is 25.2 Å². The Morgan fingerprint density at radius 2 is 1.88 bits per heavy atom. The second kappa shape index (κ2) is 13.8. The first kappa shape index (κ1) is 37.5. The number of aliphatic hydroxyl groups is 1. The molecule has 15 nitrogen and oxygen atoms in total. The minimum absolute atomic E-state index is 0.0399. The smallest absolute Gasteiger partial charge is 0.326 e. The van der Waals surface area contributed by atoms with E-state index in [9.17, 15) is 44.3 Å². The number of unbranched alkanes of at least 4 members (excludes halogenated alkanes) is 2. The summed E-state index contributed by atoms with van der Waals surface area (Å²) < 4.78 is 33.8. The molecule has 3 saturated carbocycles. The maximum Gasteiger partial charge on any atom is 0.326 e. The van der Waals surface area contributed by atoms with Crippen LogP contribution in [0.1, 0.15) is 79.1 Å². The van der Waals surface area contributed by atoms with E-state index in [1.54, 1.807) is 19.9 Å². The number of Topliss-reactive ketones (excluding diaryl/α,β-unsaturated/α-hetero) is 1. The lowest BCUT2D eigenvalue weighted by Gasteiger charge is -2.60. The maximum atomic E-state index is 15.8. The van der Waals surface area contributed by atoms with E-state index in [-0.39, 0.29) is 37.6 Å². The molecule has 0 aromatic rings. The summed E-state index contributed by atoms with van der Waals surface area (Å²) in [5, 5.41) is 32.9. The standard InChI is InChI=1S/C34H45FN2O13/c1-31(2)49-26-14-20-19-13-22(35)21-12-18(38)9-10-32(21,3)29(19)24(39)16-33(20,4)34(26,50-31)25(40)17-47-28(42)15-23(30(43)44)36-27(41)8-6-5-7-11-48-37(45)46/h9-10,12,19-20,22-24,26,29,39H,5-8,11,13-17H2,1-4H3,(H,36,41)(H,43,44)/t19-,20-,22-,23?,24-,26+,29+,32-,33-,34+/m0/s1. The Bertz CT molecular complexity index is 1500. The number of hydrogen-bond acceptors (Lipinski definition) is 12. The molecule has 3 N–H and O–H groups in total. The SMILES string of the molecule is CC1(C)O[C@@H]2C[C@H]3[C@@H]4C[C@H](F)C5=CC(=O)C=C[C@]5(C)[C@H]4[C@@H](O)C[C@]3(C)[C@]2(C(=O)COC(=O)CC(NC(=O)CCCCCO[N+](=O)[O-])C(=O)O)O1. The average molecular weight is 709 g/mol. The molecule has 1 aliphatic heterocycles. The third-order valence-corrected chi connectivity index (χ3v) is 11.5. The van der Waals surface area contributed by atoms with Gasteiger partial charge in [0.2, 0.25) is 11.7 Å². The van der Waals surface area contributed by atoms with Gasteiger partial charge in [0.1, 0.15) is 12.2 Å². The van der Waals surface area contributed by atoms with Gasteiger partial charge in [-0.25, -0.2) is 9.18 Å². The quantitative estimate of drug-likeness (QED) is 0.102. The normalized spacial score (nSPS) is 36.9. The lowest BCUT2D eigenvalue weighted by atomic mass is 9.46. The second-order valence-corrected chi connectivity index (χ2v) is 15.0. The van der Waals surface area contributed by atoms with Crippen LogP contribution in [0.25, 0.3) is 0 Å². The largest absolute Gasteiger partial charge is 0.480 e. The van der Waals surface area contributed by atoms with Gasteiger partial charge in [-0.2, -0.15) is 0 Å². The number of carboxylic acid groups (broad SMARTS) is 1. The van der Waals surface area contributed by atoms with Crippen molar-refractivity contribution >= 4 is 29.4 Å². The topological polar surface area (TPSA) is 218 Å². The maximum absolute atomic E-state index is 15.8. The van der Waals surface area contributed by atoms with E-state index in [1.165, 1.54) is 12.2 Å². The molecule has 0 bridgehead atoms. The highest BCUT2D eigenvalue weighted by molar-refractivity contribution is 6.01. The van der Waals surface area contributed by atoms with Gasteiger partial charge >= 0.3 is 11.9 Å². The number of alkyl halides is 1. The van der Waals surface area contributed by atoms with E-state index in [1.807, 2.05) is 13.8 Å². The van der Waals surface area contributed by atoms with Gasteiger partial charge < -0.3 is 34.6 Å². The van der Waals surface area contributed by atoms with E-state index in [2.05, 4.69) is 10.2 Å². The van der Waals surface area contributed by atoms with Crippen molar-refractivity contribution in [2.24, 2.45) is 28.6 Å². The van der Waals surface area contributed by atoms with Gasteiger partial charge in [-0.15, -0.1) is 10.1 Å². The van der Waals surface area contributed by atoms with Gasteiger partial charge in [0.25, 0.3) is 5.09 Å². The summed E-state index contributed by atoms with van der Waals surface area (Å²) in [6.45, 7) is 6.00. The number of aliphatic carboxylic acids is 1. The van der Waals surface area contributed by atoms with Crippen LogP contribution in [-0.2, 0) is 43.0 Å². The fourth-order valence-corrected chi connectivity index (χ4v) is 9.58. The van der Waals surface area contributed by atoms with E-state index >= 15 is 4.39 Å². The van der Waals surface area contributed by atoms with Crippen LogP contribution in [0.3, 0.4) is 0 Å². The number of fused-ring (bicyclic) bond motifs is 7. The molecule has 1 amide bonds. The molecule has 1 unspecified atom stereocenters. The monoisotopic (exact) mass is 708 g/mol. The number of esters is 1. The first-order chi connectivity index (χ1) is 23.3. The highest BCUT2D eigenvalue weighted by Crippen LogP contribution is 2.70. The predicted molar refractivity (Wildman–Crippen MR) is 168 cm³/mol. The number of nitrogens with one attached hydrogen (secondary N) is 1. The number of nitrogens with zero attached hydrogens (tertiary/aromatic N) is 1. The van der Waals surface area contributed by atoms with Gasteiger partial charge in [0.15, 0.2) is 23.8 Å². The number of carbonyl (C=O) groups is 5. The number of amides is 1. The van der Waals surface area contributed by atoms with E-state index < -0.39 is 100 Å². The molecular weight excluding hydrogens is 663 g/mol. The molecule has 4 fully saturated rings. The second-order valence-electron chi connectivity index (χ2n) is 15.0. The Morgan fingerprint density at radius 1 is 1.16 bits per heavy atom. The summed E-state index contributed by atoms with van der Waals surface area (Å²) in [5.74, 6) is -6.55. The minimum Gasteiger partial charge on any atom is -0.480 e. The first-order valence-electron chi connectivity index (χ1n) is 17.0. The number of ether oxygens (including phenoxy) is 3. The molecule has 1 saturated heterocycles. The molecule has 16 heteroatoms. The number of halogens is 1. The highest BCUT2D eigenvalue weighted by atomic mass is 19.1. The third-order valence-electron chi connectivity index (χ3n) is 11.5. The fourth-order valence-electron chi connectivity index (χ4n) is 9.58. The Hall–Kier alpha value is -3.76. The first-order valence-corrected chi connectivity index (χ1v) is 17.0. The number of hydrogen-bond donors (Lipinski definition) is 3. The molecule has 1 heterocycles. The van der Waals surface area contributed by atoms with E-state index in [4.69, 9.17) is 14.2 Å². The predicted octanol–water partition coefficient (Wildman–Crippen LogP) is 2.55. The van der Waals surface area contributed by atoms with Gasteiger partial charge in [-0.3, -0.25) is 19.2 Å². The van der Waals surface area contributed by atoms with Crippen LogP contribution in [0.2, 0.25) is 0 Å². The summed E-state index contributed by atoms with van der Waals surface area (Å²) in [7, 11) is 0. The molecule has 10 atom stereocenters. The van der Waals surface area contributed by atoms with Crippen LogP contribution in [-0.4, -0.2) is 93.7 Å². The number of ketones is 2. The van der Waals surface area contributed by atoms with Crippen LogP contribution >= 0.6 is 0 Å². The zero-order valence-electron chi connectivity index (χ0n) is 28.6. The molecule has 50 heavy (non-hydrogen) atoms. The molecule has 0 radical (unpaired) electrons. The van der Waals surface area contributed by atoms with Crippen LogP contribution in [0.5, 0.6) is 0 Å². The fraction of sp³-hybridized carbons (Fsp3) is 0.735. The van der Waals surface area contributed by atoms with Crippen molar-refractivity contribution in [2.45, 2.75) is 115 Å². The van der Waals surface area contributed by atoms with Gasteiger partial charge in [-0.05, 0) is 75.5 Å². The number of carboxylic acids is 1. The lowest BCUT2D eigenvalue weighted by Crippen LogP contribution is -2.64. The Balaban J connectivity index is 1.27. The van der Waals surface area contributed by atoms with Gasteiger partial charge in [0, 0.05) is 23.2 Å². The summed E-state index contributed by atoms with van der Waals surface area (Å²) in [5.41, 5.74) is -3.32. The van der Waals surface area contributed by atoms with E-state index in [0.29, 0.717) is 31.3 Å². The van der Waals surface area contributed by atoms with Crippen molar-refractivity contribution in [3.63, 3.8) is 0 Å². The molecule has 5 rings (SSSR count). The van der Waals surface area contributed by atoms with Crippen LogP contribution < -0.4 is 5.32 Å². The van der Waals surface area contributed by atoms with Crippen molar-refractivity contribution in [3.8, 4) is 0 Å². The highest BCUT2D eigenvalue weighted by Gasteiger charge is 2.77. The summed E-state index contributed by atoms with van der Waals surface area (Å²) >= 11 is 0. The molecule has 0 spiro atoms. The zero-order chi connectivity index (χ0) is 36.8. The van der Waals surface area contributed by atoms with Crippen molar-refractivity contribution in [2.75, 3.05) is 13.2 Å². The molecule has 4 aliphatic carbocycles. The molecule has 5 aliphatic rings. The number of aliphatic hydroxyl groups excluding tert-OH is 1. The van der Waals surface area contributed by atoms with Crippen molar-refractivity contribution in [3.05, 3.63) is 33.9 Å². The minimum atomic E-state index is -1.68. The molecular formula is C34H45FN2O13. The average Bonchev–Trinajstić information content (AvgIpc) is 3.43. The van der Waals surface area contributed by atoms with E-state index in [0.717, 1.165) is 0 Å². The number of allylic oxidation sites excluding steroid dienone is 4. The Morgan fingerprint density at radius 3 is 2.56 bits per heavy atom. The number of rotatable bonds is 14. The molecule has 276 valence electrons. The zero-order valence-corrected chi connectivity index (χ0v) is 28.6. The molecule has 0 aromatic carbocycles. The summed E-state index contributed by atoms with van der Waals surface area (Å²) in [6, 6.07) is -1.64. The van der Waals surface area contributed by atoms with Crippen molar-refractivity contribution in [1.82, 2.24) is 5.32 Å². The van der Waals surface area contributed by atoms with Crippen molar-refractivity contribution in [1.29, 1.82) is 0 Å². The Labute approximate surface area is 288 Å². The number of carbonyl (C=O) groups excluding carboxylic acids is 4. The van der Waals surface area contributed by atoms with Crippen LogP contribution in [0, 0.1) is 38.7 Å².